The molecule has 1 heterocycles. The predicted molar refractivity (Wildman–Crippen MR) is 111 cm³/mol. The molecular formula is C23H20N2O6. The van der Waals surface area contributed by atoms with Crippen LogP contribution in [0.1, 0.15) is 35.8 Å². The smallest absolute Gasteiger partial charge is 0.340 e. The molecule has 0 fully saturated rings. The second-order valence-corrected chi connectivity index (χ2v) is 7.43. The van der Waals surface area contributed by atoms with Crippen molar-refractivity contribution in [3.8, 4) is 0 Å². The number of carbonyl (C=O) groups is 2. The topological polar surface area (TPSA) is 122 Å². The zero-order chi connectivity index (χ0) is 22.1. The first-order valence-corrected chi connectivity index (χ1v) is 9.72. The van der Waals surface area contributed by atoms with Crippen LogP contribution in [0.2, 0.25) is 0 Å². The summed E-state index contributed by atoms with van der Waals surface area (Å²) in [5.41, 5.74) is 7.90. The number of allylic oxidation sites excluding steroid dienone is 2. The molecule has 8 heteroatoms. The van der Waals surface area contributed by atoms with Crippen molar-refractivity contribution in [3.63, 3.8) is 0 Å². The van der Waals surface area contributed by atoms with Gasteiger partial charge in [0.25, 0.3) is 5.69 Å². The number of nitrogens with zero attached hydrogens (tertiary/aromatic N) is 1. The van der Waals surface area contributed by atoms with Crippen LogP contribution in [0.4, 0.5) is 5.69 Å². The van der Waals surface area contributed by atoms with Gasteiger partial charge >= 0.3 is 5.97 Å². The first kappa shape index (κ1) is 20.3. The summed E-state index contributed by atoms with van der Waals surface area (Å²) in [5, 5.41) is 11.0. The maximum Gasteiger partial charge on any atom is 0.340 e. The van der Waals surface area contributed by atoms with Crippen molar-refractivity contribution in [1.29, 1.82) is 0 Å². The summed E-state index contributed by atoms with van der Waals surface area (Å²) in [6.07, 6.45) is 0.702. The molecule has 0 radical (unpaired) electrons. The number of methoxy groups -OCH3 is 1. The van der Waals surface area contributed by atoms with Crippen molar-refractivity contribution >= 4 is 17.4 Å². The lowest BCUT2D eigenvalue weighted by Crippen LogP contribution is -2.32. The monoisotopic (exact) mass is 420 g/mol. The molecular weight excluding hydrogens is 400 g/mol. The molecule has 31 heavy (non-hydrogen) atoms. The quantitative estimate of drug-likeness (QED) is 0.457. The lowest BCUT2D eigenvalue weighted by atomic mass is 9.73. The van der Waals surface area contributed by atoms with Gasteiger partial charge in [-0.3, -0.25) is 14.9 Å². The number of rotatable bonds is 4. The van der Waals surface area contributed by atoms with E-state index in [-0.39, 0.29) is 35.3 Å². The third-order valence-corrected chi connectivity index (χ3v) is 5.65. The maximum absolute atomic E-state index is 13.3. The number of ether oxygens (including phenoxy) is 2. The summed E-state index contributed by atoms with van der Waals surface area (Å²) in [6.45, 7) is 0. The van der Waals surface area contributed by atoms with Crippen LogP contribution >= 0.6 is 0 Å². The van der Waals surface area contributed by atoms with Crippen LogP contribution in [0.25, 0.3) is 0 Å². The fourth-order valence-electron chi connectivity index (χ4n) is 4.20. The SMILES string of the molecule is COC(=O)C1=C(N)OC2=C(C(=O)CC(c3ccccc3)C2)C1c1ccc([N+](=O)[O-])cc1. The number of nitrogens with two attached hydrogens (primary N) is 1. The van der Waals surface area contributed by atoms with E-state index in [1.54, 1.807) is 0 Å². The number of nitro benzene ring substituents is 1. The van der Waals surface area contributed by atoms with Gasteiger partial charge in [0.2, 0.25) is 5.88 Å². The second kappa shape index (κ2) is 8.06. The Balaban J connectivity index is 1.80. The van der Waals surface area contributed by atoms with Gasteiger partial charge in [-0.25, -0.2) is 4.79 Å². The van der Waals surface area contributed by atoms with Gasteiger partial charge in [-0.2, -0.15) is 0 Å². The molecule has 158 valence electrons. The standard InChI is InChI=1S/C23H20N2O6/c1-30-23(27)21-19(14-7-9-16(10-8-14)25(28)29)20-17(26)11-15(12-18(20)31-22(21)24)13-5-3-2-4-6-13/h2-10,15,19H,11-12,24H2,1H3. The lowest BCUT2D eigenvalue weighted by Gasteiger charge is -2.35. The Morgan fingerprint density at radius 1 is 1.10 bits per heavy atom. The van der Waals surface area contributed by atoms with Crippen molar-refractivity contribution in [2.24, 2.45) is 5.73 Å². The fourth-order valence-corrected chi connectivity index (χ4v) is 4.20. The van der Waals surface area contributed by atoms with Gasteiger partial charge in [-0.15, -0.1) is 0 Å². The summed E-state index contributed by atoms with van der Waals surface area (Å²) in [6, 6.07) is 15.3. The maximum atomic E-state index is 13.3. The van der Waals surface area contributed by atoms with Crippen LogP contribution in [0.3, 0.4) is 0 Å². The van der Waals surface area contributed by atoms with Crippen LogP contribution in [-0.2, 0) is 19.1 Å². The first-order valence-electron chi connectivity index (χ1n) is 9.72. The number of hydrogen-bond acceptors (Lipinski definition) is 7. The van der Waals surface area contributed by atoms with Crippen LogP contribution in [0.15, 0.2) is 77.4 Å². The molecule has 0 saturated heterocycles. The zero-order valence-corrected chi connectivity index (χ0v) is 16.7. The molecule has 0 bridgehead atoms. The Hall–Kier alpha value is -3.94. The first-order chi connectivity index (χ1) is 14.9. The zero-order valence-electron chi connectivity index (χ0n) is 16.7. The predicted octanol–water partition coefficient (Wildman–Crippen LogP) is 3.45. The Morgan fingerprint density at radius 2 is 1.77 bits per heavy atom. The van der Waals surface area contributed by atoms with Crippen molar-refractivity contribution in [3.05, 3.63) is 98.6 Å². The molecule has 0 saturated carbocycles. The van der Waals surface area contributed by atoms with Gasteiger partial charge in [0.05, 0.1) is 18.0 Å². The highest BCUT2D eigenvalue weighted by Gasteiger charge is 2.43. The highest BCUT2D eigenvalue weighted by molar-refractivity contribution is 6.03. The Kier molecular flexibility index (Phi) is 5.29. The number of esters is 1. The average Bonchev–Trinajstić information content (AvgIpc) is 2.78. The normalized spacial score (nSPS) is 20.7. The molecule has 0 aromatic heterocycles. The molecule has 0 amide bonds. The second-order valence-electron chi connectivity index (χ2n) is 7.43. The number of Topliss-reactive ketones (excluding diaryl/α,β-unsaturated/α-hetero) is 1. The summed E-state index contributed by atoms with van der Waals surface area (Å²) in [5.74, 6) is -1.48. The van der Waals surface area contributed by atoms with Gasteiger partial charge < -0.3 is 15.2 Å². The number of nitro groups is 1. The molecule has 2 N–H and O–H groups in total. The largest absolute Gasteiger partial charge is 0.465 e. The highest BCUT2D eigenvalue weighted by Crippen LogP contribution is 2.47. The summed E-state index contributed by atoms with van der Waals surface area (Å²) in [7, 11) is 1.22. The van der Waals surface area contributed by atoms with Gasteiger partial charge in [-0.05, 0) is 17.0 Å². The van der Waals surface area contributed by atoms with Gasteiger partial charge in [0, 0.05) is 30.5 Å². The van der Waals surface area contributed by atoms with E-state index in [1.807, 2.05) is 30.3 Å². The Bertz CT molecular complexity index is 1120. The number of hydrogen-bond donors (Lipinski definition) is 1. The van der Waals surface area contributed by atoms with Gasteiger partial charge in [-0.1, -0.05) is 42.5 Å². The molecule has 0 spiro atoms. The molecule has 2 aliphatic rings. The number of carbonyl (C=O) groups excluding carboxylic acids is 2. The van der Waals surface area contributed by atoms with Crippen molar-refractivity contribution in [1.82, 2.24) is 0 Å². The summed E-state index contributed by atoms with van der Waals surface area (Å²) in [4.78, 5) is 36.3. The molecule has 1 aliphatic carbocycles. The third-order valence-electron chi connectivity index (χ3n) is 5.65. The van der Waals surface area contributed by atoms with E-state index in [9.17, 15) is 19.7 Å². The minimum absolute atomic E-state index is 0.0154. The van der Waals surface area contributed by atoms with Gasteiger partial charge in [0.15, 0.2) is 5.78 Å². The minimum Gasteiger partial charge on any atom is -0.465 e. The molecule has 2 aromatic carbocycles. The molecule has 2 unspecified atom stereocenters. The van der Waals surface area contributed by atoms with Gasteiger partial charge in [0.1, 0.15) is 11.3 Å². The van der Waals surface area contributed by atoms with Crippen LogP contribution in [0, 0.1) is 10.1 Å². The Labute approximate surface area is 178 Å². The van der Waals surface area contributed by atoms with E-state index in [2.05, 4.69) is 0 Å². The van der Waals surface area contributed by atoms with E-state index in [0.717, 1.165) is 5.56 Å². The Morgan fingerprint density at radius 3 is 2.39 bits per heavy atom. The highest BCUT2D eigenvalue weighted by atomic mass is 16.6. The van der Waals surface area contributed by atoms with Crippen molar-refractivity contribution < 1.29 is 24.0 Å². The van der Waals surface area contributed by atoms with Crippen LogP contribution in [0.5, 0.6) is 0 Å². The summed E-state index contributed by atoms with van der Waals surface area (Å²) < 4.78 is 10.6. The van der Waals surface area contributed by atoms with E-state index in [1.165, 1.54) is 31.4 Å². The third kappa shape index (κ3) is 3.68. The summed E-state index contributed by atoms with van der Waals surface area (Å²) >= 11 is 0. The van der Waals surface area contributed by atoms with Crippen molar-refractivity contribution in [2.75, 3.05) is 7.11 Å². The molecule has 8 nitrogen and oxygen atoms in total. The number of benzene rings is 2. The minimum atomic E-state index is -0.818. The van der Waals surface area contributed by atoms with Crippen LogP contribution in [-0.4, -0.2) is 23.8 Å². The molecule has 2 aromatic rings. The van der Waals surface area contributed by atoms with E-state index in [0.29, 0.717) is 23.3 Å². The number of ketones is 1. The molecule has 1 aliphatic heterocycles. The molecule has 4 rings (SSSR count). The number of non-ortho nitro benzene ring substituents is 1. The van der Waals surface area contributed by atoms with E-state index < -0.39 is 16.8 Å². The fraction of sp³-hybridized carbons (Fsp3) is 0.217. The van der Waals surface area contributed by atoms with Crippen LogP contribution < -0.4 is 5.73 Å². The lowest BCUT2D eigenvalue weighted by molar-refractivity contribution is -0.384. The molecule has 2 atom stereocenters. The van der Waals surface area contributed by atoms with E-state index in [4.69, 9.17) is 15.2 Å². The van der Waals surface area contributed by atoms with Crippen molar-refractivity contribution in [2.45, 2.75) is 24.7 Å². The average molecular weight is 420 g/mol. The van der Waals surface area contributed by atoms with E-state index >= 15 is 0 Å².